The molecule has 0 radical (unpaired) electrons. The van der Waals surface area contributed by atoms with Crippen LogP contribution in [0.15, 0.2) is 0 Å². The topological polar surface area (TPSA) is 237 Å². The summed E-state index contributed by atoms with van der Waals surface area (Å²) in [5, 5.41) is 10.6. The third kappa shape index (κ3) is 72.2. The van der Waals surface area contributed by atoms with Gasteiger partial charge in [0.2, 0.25) is 0 Å². The molecule has 0 heterocycles. The normalized spacial score (nSPS) is 14.0. The molecule has 0 amide bonds. The van der Waals surface area contributed by atoms with Crippen LogP contribution in [0.3, 0.4) is 0 Å². The van der Waals surface area contributed by atoms with Gasteiger partial charge in [-0.1, -0.05) is 350 Å². The summed E-state index contributed by atoms with van der Waals surface area (Å²) >= 11 is 0. The van der Waals surface area contributed by atoms with Gasteiger partial charge >= 0.3 is 39.5 Å². The lowest BCUT2D eigenvalue weighted by atomic mass is 10.0. The first-order valence-electron chi connectivity index (χ1n) is 40.3. The van der Waals surface area contributed by atoms with E-state index in [2.05, 4.69) is 48.5 Å². The molecule has 19 heteroatoms. The first kappa shape index (κ1) is 95.1. The van der Waals surface area contributed by atoms with E-state index in [-0.39, 0.29) is 25.7 Å². The number of aliphatic hydroxyl groups excluding tert-OH is 1. The molecule has 0 saturated carbocycles. The highest BCUT2D eigenvalue weighted by Crippen LogP contribution is 2.45. The van der Waals surface area contributed by atoms with Crippen LogP contribution in [0.4, 0.5) is 0 Å². The van der Waals surface area contributed by atoms with Gasteiger partial charge in [-0.05, 0) is 43.4 Å². The van der Waals surface area contributed by atoms with Crippen LogP contribution in [0, 0.1) is 17.8 Å². The Balaban J connectivity index is 5.21. The zero-order valence-electron chi connectivity index (χ0n) is 63.5. The van der Waals surface area contributed by atoms with Crippen molar-refractivity contribution < 1.29 is 80.2 Å². The number of unbranched alkanes of at least 4 members (excludes halogenated alkanes) is 44. The van der Waals surface area contributed by atoms with Crippen molar-refractivity contribution in [1.29, 1.82) is 0 Å². The Morgan fingerprint density at radius 3 is 0.701 bits per heavy atom. The number of phosphoric acid groups is 2. The minimum absolute atomic E-state index is 0.103. The van der Waals surface area contributed by atoms with Gasteiger partial charge in [0.15, 0.2) is 12.2 Å². The minimum Gasteiger partial charge on any atom is -0.462 e. The third-order valence-electron chi connectivity index (χ3n) is 18.1. The summed E-state index contributed by atoms with van der Waals surface area (Å²) < 4.78 is 68.5. The number of carbonyl (C=O) groups excluding carboxylic acids is 4. The van der Waals surface area contributed by atoms with Crippen molar-refractivity contribution in [2.24, 2.45) is 17.8 Å². The number of phosphoric ester groups is 2. The van der Waals surface area contributed by atoms with Crippen LogP contribution in [0.1, 0.15) is 402 Å². The molecule has 0 bridgehead atoms. The van der Waals surface area contributed by atoms with Crippen LogP contribution in [0.25, 0.3) is 0 Å². The summed E-state index contributed by atoms with van der Waals surface area (Å²) in [5.41, 5.74) is 0. The molecule has 0 aliphatic carbocycles. The van der Waals surface area contributed by atoms with Crippen molar-refractivity contribution in [2.45, 2.75) is 420 Å². The van der Waals surface area contributed by atoms with Crippen LogP contribution in [-0.4, -0.2) is 96.7 Å². The second-order valence-corrected chi connectivity index (χ2v) is 32.4. The highest BCUT2D eigenvalue weighted by Gasteiger charge is 2.30. The standard InChI is InChI=1S/C78H152O17P2/c1-8-9-10-11-12-13-14-15-16-17-18-22-25-28-31-37-45-52-59-75(80)88-65-73(94-77(82)61-54-47-38-32-29-26-23-20-19-21-24-27-30-35-42-49-56-69(2)3)67-92-96(84,85)90-63-72(79)64-91-97(86,87)93-68-74(66-89-76(81)60-53-46-41-40-44-51-58-71(6)7)95-78(83)62-55-48-39-34-33-36-43-50-57-70(4)5/h69-74,79H,8-68H2,1-7H3,(H,84,85)(H,86,87)/t72-,73-,74-/m1/s1. The summed E-state index contributed by atoms with van der Waals surface area (Å²) in [5.74, 6) is 0.0875. The molecule has 5 atom stereocenters. The van der Waals surface area contributed by atoms with E-state index in [1.54, 1.807) is 0 Å². The number of ether oxygens (including phenoxy) is 4. The highest BCUT2D eigenvalue weighted by atomic mass is 31.2. The summed E-state index contributed by atoms with van der Waals surface area (Å²) in [6.07, 6.45) is 55.8. The molecule has 2 unspecified atom stereocenters. The summed E-state index contributed by atoms with van der Waals surface area (Å²) in [7, 11) is -9.91. The molecule has 0 aliphatic rings. The maximum absolute atomic E-state index is 13.1. The van der Waals surface area contributed by atoms with E-state index in [0.29, 0.717) is 31.6 Å². The number of rotatable bonds is 76. The van der Waals surface area contributed by atoms with Crippen LogP contribution in [0.2, 0.25) is 0 Å². The van der Waals surface area contributed by atoms with E-state index < -0.39 is 97.5 Å². The Hall–Kier alpha value is -1.94. The Morgan fingerprint density at radius 1 is 0.278 bits per heavy atom. The summed E-state index contributed by atoms with van der Waals surface area (Å²) in [4.78, 5) is 72.8. The van der Waals surface area contributed by atoms with Gasteiger partial charge in [-0.2, -0.15) is 0 Å². The van der Waals surface area contributed by atoms with Gasteiger partial charge in [-0.3, -0.25) is 37.3 Å². The molecule has 0 aliphatic heterocycles. The molecular formula is C78H152O17P2. The van der Waals surface area contributed by atoms with Crippen LogP contribution < -0.4 is 0 Å². The van der Waals surface area contributed by atoms with E-state index in [1.165, 1.54) is 205 Å². The van der Waals surface area contributed by atoms with Crippen LogP contribution >= 0.6 is 15.6 Å². The number of aliphatic hydroxyl groups is 1. The zero-order valence-corrected chi connectivity index (χ0v) is 65.3. The van der Waals surface area contributed by atoms with Crippen molar-refractivity contribution in [3.8, 4) is 0 Å². The molecule has 0 spiro atoms. The number of esters is 4. The molecule has 0 aromatic carbocycles. The second-order valence-electron chi connectivity index (χ2n) is 29.5. The minimum atomic E-state index is -4.96. The molecule has 576 valence electrons. The molecule has 0 aromatic rings. The van der Waals surface area contributed by atoms with Gasteiger partial charge in [0, 0.05) is 25.7 Å². The van der Waals surface area contributed by atoms with Gasteiger partial charge in [0.1, 0.15) is 19.3 Å². The molecule has 97 heavy (non-hydrogen) atoms. The fourth-order valence-corrected chi connectivity index (χ4v) is 13.5. The molecular weight excluding hydrogens is 1270 g/mol. The van der Waals surface area contributed by atoms with Gasteiger partial charge in [0.05, 0.1) is 26.4 Å². The Kier molecular flexibility index (Phi) is 67.1. The number of hydrogen-bond donors (Lipinski definition) is 3. The zero-order chi connectivity index (χ0) is 71.6. The van der Waals surface area contributed by atoms with Gasteiger partial charge < -0.3 is 33.8 Å². The SMILES string of the molecule is CCCCCCCCCCCCCCCCCCCCC(=O)OC[C@H](COP(=O)(O)OC[C@@H](O)COP(=O)(O)OC[C@@H](COC(=O)CCCCCCCCC(C)C)OC(=O)CCCCCCCCCCC(C)C)OC(=O)CCCCCCCCCCCCCCCCCCC(C)C. The van der Waals surface area contributed by atoms with Crippen molar-refractivity contribution in [1.82, 2.24) is 0 Å². The largest absolute Gasteiger partial charge is 0.472 e. The Bertz CT molecular complexity index is 1890. The van der Waals surface area contributed by atoms with Gasteiger partial charge in [0.25, 0.3) is 0 Å². The van der Waals surface area contributed by atoms with E-state index in [4.69, 9.17) is 37.0 Å². The lowest BCUT2D eigenvalue weighted by Gasteiger charge is -2.21. The molecule has 3 N–H and O–H groups in total. The Morgan fingerprint density at radius 2 is 0.474 bits per heavy atom. The third-order valence-corrected chi connectivity index (χ3v) is 20.0. The lowest BCUT2D eigenvalue weighted by molar-refractivity contribution is -0.161. The van der Waals surface area contributed by atoms with Crippen LogP contribution in [-0.2, 0) is 65.4 Å². The van der Waals surface area contributed by atoms with E-state index in [1.807, 2.05) is 0 Å². The van der Waals surface area contributed by atoms with Crippen molar-refractivity contribution in [3.05, 3.63) is 0 Å². The predicted molar refractivity (Wildman–Crippen MR) is 395 cm³/mol. The Labute approximate surface area is 594 Å². The highest BCUT2D eigenvalue weighted by molar-refractivity contribution is 7.47. The monoisotopic (exact) mass is 1420 g/mol. The smallest absolute Gasteiger partial charge is 0.462 e. The van der Waals surface area contributed by atoms with Crippen LogP contribution in [0.5, 0.6) is 0 Å². The van der Waals surface area contributed by atoms with Crippen molar-refractivity contribution in [3.63, 3.8) is 0 Å². The summed E-state index contributed by atoms with van der Waals surface area (Å²) in [6, 6.07) is 0. The molecule has 17 nitrogen and oxygen atoms in total. The van der Waals surface area contributed by atoms with Crippen molar-refractivity contribution in [2.75, 3.05) is 39.6 Å². The number of carbonyl (C=O) groups is 4. The average Bonchev–Trinajstić information content (AvgIpc) is 0.989. The molecule has 0 saturated heterocycles. The van der Waals surface area contributed by atoms with Gasteiger partial charge in [-0.15, -0.1) is 0 Å². The maximum Gasteiger partial charge on any atom is 0.472 e. The quantitative estimate of drug-likeness (QED) is 0.0222. The first-order valence-corrected chi connectivity index (χ1v) is 43.3. The predicted octanol–water partition coefficient (Wildman–Crippen LogP) is 23.0. The fourth-order valence-electron chi connectivity index (χ4n) is 12.0. The molecule has 0 aromatic heterocycles. The van der Waals surface area contributed by atoms with E-state index >= 15 is 0 Å². The number of hydrogen-bond acceptors (Lipinski definition) is 15. The second kappa shape index (κ2) is 68.5. The average molecular weight is 1420 g/mol. The van der Waals surface area contributed by atoms with E-state index in [9.17, 15) is 43.2 Å². The van der Waals surface area contributed by atoms with Gasteiger partial charge in [-0.25, -0.2) is 9.13 Å². The summed E-state index contributed by atoms with van der Waals surface area (Å²) in [6.45, 7) is 11.8. The fraction of sp³-hybridized carbons (Fsp3) is 0.949. The first-order chi connectivity index (χ1) is 46.7. The maximum atomic E-state index is 13.1. The van der Waals surface area contributed by atoms with E-state index in [0.717, 1.165) is 108 Å². The lowest BCUT2D eigenvalue weighted by Crippen LogP contribution is -2.30. The van der Waals surface area contributed by atoms with Crippen molar-refractivity contribution >= 4 is 39.5 Å². The molecule has 0 fully saturated rings. The molecule has 0 rings (SSSR count).